The van der Waals surface area contributed by atoms with Crippen LogP contribution in [0.4, 0.5) is 10.8 Å². The second-order valence-corrected chi connectivity index (χ2v) is 8.23. The van der Waals surface area contributed by atoms with Gasteiger partial charge in [-0.05, 0) is 25.0 Å². The highest BCUT2D eigenvalue weighted by Crippen LogP contribution is 2.31. The van der Waals surface area contributed by atoms with Crippen molar-refractivity contribution in [2.24, 2.45) is 0 Å². The Morgan fingerprint density at radius 3 is 2.66 bits per heavy atom. The molecule has 2 saturated heterocycles. The molecule has 2 fully saturated rings. The van der Waals surface area contributed by atoms with Crippen LogP contribution in [0.3, 0.4) is 0 Å². The Bertz CT molecular complexity index is 905. The molecule has 0 radical (unpaired) electrons. The molecule has 1 aromatic heterocycles. The van der Waals surface area contributed by atoms with Gasteiger partial charge < -0.3 is 14.5 Å². The van der Waals surface area contributed by atoms with E-state index < -0.39 is 0 Å². The Hall–Kier alpha value is -2.61. The summed E-state index contributed by atoms with van der Waals surface area (Å²) in [6.07, 6.45) is 2.11. The number of amides is 2. The average molecular weight is 415 g/mol. The standard InChI is InChI=1S/C21H26N4O3S/c1-3-17-19(29-21(22-17)25-9-5-8-18(25)26)20(27)24-12-10-23(11-13-24)15-6-4-7-16(14-15)28-2/h4,6-7,14H,3,5,8-13H2,1-2H3. The van der Waals surface area contributed by atoms with E-state index in [0.29, 0.717) is 42.5 Å². The smallest absolute Gasteiger partial charge is 0.266 e. The van der Waals surface area contributed by atoms with Gasteiger partial charge in [0.25, 0.3) is 5.91 Å². The summed E-state index contributed by atoms with van der Waals surface area (Å²) in [5, 5.41) is 0.669. The number of piperazine rings is 1. The van der Waals surface area contributed by atoms with Gasteiger partial charge in [0.15, 0.2) is 5.13 Å². The van der Waals surface area contributed by atoms with Crippen LogP contribution in [0.1, 0.15) is 35.1 Å². The first-order valence-electron chi connectivity index (χ1n) is 10.1. The predicted octanol–water partition coefficient (Wildman–Crippen LogP) is 2.80. The number of aromatic nitrogens is 1. The minimum Gasteiger partial charge on any atom is -0.497 e. The lowest BCUT2D eigenvalue weighted by Crippen LogP contribution is -2.48. The number of carbonyl (C=O) groups excluding carboxylic acids is 2. The second kappa shape index (κ2) is 8.41. The summed E-state index contributed by atoms with van der Waals surface area (Å²) in [4.78, 5) is 36.4. The number of aryl methyl sites for hydroxylation is 1. The van der Waals surface area contributed by atoms with E-state index in [1.54, 1.807) is 12.0 Å². The van der Waals surface area contributed by atoms with Gasteiger partial charge in [-0.15, -0.1) is 0 Å². The first-order chi connectivity index (χ1) is 14.1. The molecule has 0 saturated carbocycles. The molecule has 0 bridgehead atoms. The molecular formula is C21H26N4O3S. The molecule has 1 aromatic carbocycles. The molecule has 8 heteroatoms. The minimum atomic E-state index is 0.0301. The first kappa shape index (κ1) is 19.7. The molecule has 0 unspecified atom stereocenters. The first-order valence-corrected chi connectivity index (χ1v) is 10.9. The number of rotatable bonds is 5. The maximum atomic E-state index is 13.2. The Morgan fingerprint density at radius 1 is 1.21 bits per heavy atom. The van der Waals surface area contributed by atoms with Gasteiger partial charge in [-0.25, -0.2) is 4.98 Å². The van der Waals surface area contributed by atoms with Gasteiger partial charge in [0.2, 0.25) is 5.91 Å². The summed E-state index contributed by atoms with van der Waals surface area (Å²) >= 11 is 1.36. The number of anilines is 2. The lowest BCUT2D eigenvalue weighted by Gasteiger charge is -2.36. The number of carbonyl (C=O) groups is 2. The molecule has 2 aliphatic rings. The van der Waals surface area contributed by atoms with Crippen LogP contribution in [0.15, 0.2) is 24.3 Å². The normalized spacial score (nSPS) is 17.2. The molecule has 0 atom stereocenters. The van der Waals surface area contributed by atoms with Crippen LogP contribution in [-0.2, 0) is 11.2 Å². The van der Waals surface area contributed by atoms with E-state index in [1.807, 2.05) is 30.0 Å². The maximum Gasteiger partial charge on any atom is 0.266 e. The Labute approximate surface area is 174 Å². The van der Waals surface area contributed by atoms with Crippen molar-refractivity contribution >= 4 is 34.0 Å². The summed E-state index contributed by atoms with van der Waals surface area (Å²) in [5.74, 6) is 0.970. The van der Waals surface area contributed by atoms with Crippen molar-refractivity contribution in [1.82, 2.24) is 9.88 Å². The van der Waals surface area contributed by atoms with Crippen LogP contribution in [0.25, 0.3) is 0 Å². The Kier molecular flexibility index (Phi) is 5.71. The predicted molar refractivity (Wildman–Crippen MR) is 114 cm³/mol. The molecule has 2 aromatic rings. The number of hydrogen-bond acceptors (Lipinski definition) is 6. The largest absolute Gasteiger partial charge is 0.497 e. The van der Waals surface area contributed by atoms with E-state index in [1.165, 1.54) is 11.3 Å². The van der Waals surface area contributed by atoms with Gasteiger partial charge in [0, 0.05) is 50.9 Å². The van der Waals surface area contributed by atoms with Crippen molar-refractivity contribution in [3.8, 4) is 5.75 Å². The van der Waals surface area contributed by atoms with Crippen LogP contribution in [0, 0.1) is 0 Å². The van der Waals surface area contributed by atoms with Gasteiger partial charge in [-0.1, -0.05) is 24.3 Å². The number of benzene rings is 1. The fourth-order valence-corrected chi connectivity index (χ4v) is 5.00. The quantitative estimate of drug-likeness (QED) is 0.753. The third-order valence-electron chi connectivity index (χ3n) is 5.50. The van der Waals surface area contributed by atoms with Crippen molar-refractivity contribution in [2.75, 3.05) is 49.6 Å². The summed E-state index contributed by atoms with van der Waals surface area (Å²) in [5.41, 5.74) is 1.91. The van der Waals surface area contributed by atoms with Crippen LogP contribution >= 0.6 is 11.3 Å². The fourth-order valence-electron chi connectivity index (χ4n) is 3.83. The number of methoxy groups -OCH3 is 1. The number of nitrogens with zero attached hydrogens (tertiary/aromatic N) is 4. The molecule has 3 heterocycles. The van der Waals surface area contributed by atoms with E-state index in [2.05, 4.69) is 16.0 Å². The van der Waals surface area contributed by atoms with E-state index in [9.17, 15) is 9.59 Å². The van der Waals surface area contributed by atoms with Crippen molar-refractivity contribution in [3.05, 3.63) is 34.8 Å². The van der Waals surface area contributed by atoms with Crippen LogP contribution in [-0.4, -0.2) is 61.5 Å². The molecule has 2 aliphatic heterocycles. The number of ether oxygens (including phenoxy) is 1. The molecule has 29 heavy (non-hydrogen) atoms. The summed E-state index contributed by atoms with van der Waals surface area (Å²) in [7, 11) is 1.67. The monoisotopic (exact) mass is 414 g/mol. The van der Waals surface area contributed by atoms with Gasteiger partial charge >= 0.3 is 0 Å². The van der Waals surface area contributed by atoms with E-state index >= 15 is 0 Å². The highest BCUT2D eigenvalue weighted by atomic mass is 32.1. The lowest BCUT2D eigenvalue weighted by atomic mass is 10.2. The molecule has 0 N–H and O–H groups in total. The second-order valence-electron chi connectivity index (χ2n) is 7.26. The van der Waals surface area contributed by atoms with E-state index in [0.717, 1.165) is 36.6 Å². The summed E-state index contributed by atoms with van der Waals surface area (Å²) in [6, 6.07) is 8.01. The molecule has 0 spiro atoms. The zero-order valence-corrected chi connectivity index (χ0v) is 17.7. The molecule has 4 rings (SSSR count). The van der Waals surface area contributed by atoms with Gasteiger partial charge in [0.1, 0.15) is 10.6 Å². The molecule has 154 valence electrons. The van der Waals surface area contributed by atoms with Crippen LogP contribution in [0.5, 0.6) is 5.75 Å². The third-order valence-corrected chi connectivity index (χ3v) is 6.61. The van der Waals surface area contributed by atoms with Crippen molar-refractivity contribution < 1.29 is 14.3 Å². The molecule has 7 nitrogen and oxygen atoms in total. The van der Waals surface area contributed by atoms with Crippen molar-refractivity contribution in [1.29, 1.82) is 0 Å². The number of thiazole rings is 1. The maximum absolute atomic E-state index is 13.2. The van der Waals surface area contributed by atoms with Crippen molar-refractivity contribution in [2.45, 2.75) is 26.2 Å². The molecule has 2 amide bonds. The number of hydrogen-bond donors (Lipinski definition) is 0. The van der Waals surface area contributed by atoms with Gasteiger partial charge in [-0.2, -0.15) is 0 Å². The van der Waals surface area contributed by atoms with Crippen LogP contribution < -0.4 is 14.5 Å². The fraction of sp³-hybridized carbons (Fsp3) is 0.476. The van der Waals surface area contributed by atoms with E-state index in [-0.39, 0.29) is 11.8 Å². The highest BCUT2D eigenvalue weighted by molar-refractivity contribution is 7.17. The molecule has 0 aliphatic carbocycles. The zero-order chi connectivity index (χ0) is 20.4. The summed E-state index contributed by atoms with van der Waals surface area (Å²) in [6.45, 7) is 5.57. The van der Waals surface area contributed by atoms with Crippen molar-refractivity contribution in [3.63, 3.8) is 0 Å². The zero-order valence-electron chi connectivity index (χ0n) is 16.9. The Balaban J connectivity index is 1.45. The SMILES string of the molecule is CCc1nc(N2CCCC2=O)sc1C(=O)N1CCN(c2cccc(OC)c2)CC1. The topological polar surface area (TPSA) is 66.0 Å². The lowest BCUT2D eigenvalue weighted by molar-refractivity contribution is -0.117. The summed E-state index contributed by atoms with van der Waals surface area (Å²) < 4.78 is 5.32. The van der Waals surface area contributed by atoms with E-state index in [4.69, 9.17) is 4.74 Å². The molecular weight excluding hydrogens is 388 g/mol. The Morgan fingerprint density at radius 2 is 2.00 bits per heavy atom. The minimum absolute atomic E-state index is 0.0301. The highest BCUT2D eigenvalue weighted by Gasteiger charge is 2.30. The van der Waals surface area contributed by atoms with Gasteiger partial charge in [-0.3, -0.25) is 14.5 Å². The average Bonchev–Trinajstić information content (AvgIpc) is 3.39. The van der Waals surface area contributed by atoms with Crippen LogP contribution in [0.2, 0.25) is 0 Å². The van der Waals surface area contributed by atoms with Gasteiger partial charge in [0.05, 0.1) is 12.8 Å². The third kappa shape index (κ3) is 3.94.